The van der Waals surface area contributed by atoms with Gasteiger partial charge in [-0.05, 0) is 25.7 Å². The van der Waals surface area contributed by atoms with E-state index in [4.69, 9.17) is 0 Å². The lowest BCUT2D eigenvalue weighted by Crippen LogP contribution is -2.23. The molecule has 1 aliphatic rings. The smallest absolute Gasteiger partial charge is 0.230 e. The Bertz CT molecular complexity index is 691. The first-order valence-corrected chi connectivity index (χ1v) is 8.03. The highest BCUT2D eigenvalue weighted by Crippen LogP contribution is 2.16. The van der Waals surface area contributed by atoms with Gasteiger partial charge < -0.3 is 10.3 Å². The zero-order valence-corrected chi connectivity index (χ0v) is 12.5. The zero-order valence-electron chi connectivity index (χ0n) is 11.6. The Hall–Kier alpha value is -1.95. The Balaban J connectivity index is 1.78. The molecule has 2 aromatic rings. The second-order valence-corrected chi connectivity index (χ2v) is 6.12. The fourth-order valence-electron chi connectivity index (χ4n) is 2.68. The predicted octanol–water partition coefficient (Wildman–Crippen LogP) is 2.28. The Kier molecular flexibility index (Phi) is 4.15. The van der Waals surface area contributed by atoms with Crippen molar-refractivity contribution in [1.82, 2.24) is 9.97 Å². The third-order valence-electron chi connectivity index (χ3n) is 3.73. The van der Waals surface area contributed by atoms with Crippen LogP contribution in [-0.4, -0.2) is 15.9 Å². The van der Waals surface area contributed by atoms with Crippen molar-refractivity contribution >= 4 is 22.4 Å². The van der Waals surface area contributed by atoms with E-state index in [0.29, 0.717) is 10.7 Å². The normalized spacial score (nSPS) is 14.3. The van der Waals surface area contributed by atoms with Gasteiger partial charge >= 0.3 is 0 Å². The van der Waals surface area contributed by atoms with Gasteiger partial charge in [0.2, 0.25) is 5.91 Å². The van der Waals surface area contributed by atoms with E-state index in [9.17, 15) is 9.59 Å². The van der Waals surface area contributed by atoms with Crippen LogP contribution in [0.25, 0.3) is 0 Å². The van der Waals surface area contributed by atoms with Gasteiger partial charge in [-0.3, -0.25) is 9.59 Å². The number of thiazole rings is 1. The molecule has 0 spiro atoms. The summed E-state index contributed by atoms with van der Waals surface area (Å²) >= 11 is 1.36. The maximum absolute atomic E-state index is 12.5. The molecule has 2 N–H and O–H groups in total. The number of carbonyl (C=O) groups is 1. The minimum atomic E-state index is -0.205. The summed E-state index contributed by atoms with van der Waals surface area (Å²) in [6.07, 6.45) is 8.47. The molecule has 5 nitrogen and oxygen atoms in total. The molecule has 0 fully saturated rings. The van der Waals surface area contributed by atoms with E-state index in [0.717, 1.165) is 43.4 Å². The topological polar surface area (TPSA) is 74.8 Å². The van der Waals surface area contributed by atoms with Gasteiger partial charge in [-0.2, -0.15) is 0 Å². The first-order chi connectivity index (χ1) is 10.2. The van der Waals surface area contributed by atoms with Crippen LogP contribution < -0.4 is 10.7 Å². The highest BCUT2D eigenvalue weighted by molar-refractivity contribution is 7.13. The van der Waals surface area contributed by atoms with Crippen molar-refractivity contribution in [1.29, 1.82) is 0 Å². The molecule has 0 saturated heterocycles. The molecule has 0 aliphatic heterocycles. The van der Waals surface area contributed by atoms with Gasteiger partial charge in [-0.25, -0.2) is 4.98 Å². The standard InChI is InChI=1S/C15H17N3O2S/c19-13(18-15-16-6-7-21-15)8-10-9-17-12-5-3-1-2-4-11(12)14(10)20/h6-7,9H,1-5,8H2,(H,17,20)(H,16,18,19). The molecular formula is C15H17N3O2S. The molecule has 0 unspecified atom stereocenters. The van der Waals surface area contributed by atoms with Gasteiger partial charge in [0, 0.05) is 34.6 Å². The monoisotopic (exact) mass is 303 g/mol. The third kappa shape index (κ3) is 3.21. The van der Waals surface area contributed by atoms with Crippen molar-refractivity contribution in [3.05, 3.63) is 44.8 Å². The van der Waals surface area contributed by atoms with E-state index in [1.54, 1.807) is 17.8 Å². The Labute approximate surface area is 126 Å². The molecule has 0 bridgehead atoms. The number of aryl methyl sites for hydroxylation is 1. The van der Waals surface area contributed by atoms with Crippen molar-refractivity contribution in [2.75, 3.05) is 5.32 Å². The summed E-state index contributed by atoms with van der Waals surface area (Å²) in [7, 11) is 0. The maximum Gasteiger partial charge on any atom is 0.230 e. The van der Waals surface area contributed by atoms with Crippen LogP contribution in [0.4, 0.5) is 5.13 Å². The van der Waals surface area contributed by atoms with Gasteiger partial charge in [0.05, 0.1) is 6.42 Å². The SMILES string of the molecule is O=C(Cc1c[nH]c2c(c1=O)CCCCC2)Nc1nccs1. The number of nitrogens with zero attached hydrogens (tertiary/aromatic N) is 1. The first kappa shape index (κ1) is 14.0. The summed E-state index contributed by atoms with van der Waals surface area (Å²) in [5.41, 5.74) is 2.47. The summed E-state index contributed by atoms with van der Waals surface area (Å²) in [5.74, 6) is -0.205. The number of anilines is 1. The minimum Gasteiger partial charge on any atom is -0.364 e. The van der Waals surface area contributed by atoms with E-state index >= 15 is 0 Å². The quantitative estimate of drug-likeness (QED) is 0.854. The Morgan fingerprint density at radius 3 is 3.00 bits per heavy atom. The first-order valence-electron chi connectivity index (χ1n) is 7.15. The molecule has 3 rings (SSSR count). The Morgan fingerprint density at radius 1 is 1.33 bits per heavy atom. The number of rotatable bonds is 3. The molecule has 2 aromatic heterocycles. The Morgan fingerprint density at radius 2 is 2.19 bits per heavy atom. The number of aromatic amines is 1. The number of nitrogens with one attached hydrogen (secondary N) is 2. The second-order valence-electron chi connectivity index (χ2n) is 5.22. The zero-order chi connectivity index (χ0) is 14.7. The van der Waals surface area contributed by atoms with Crippen LogP contribution in [0.1, 0.15) is 36.1 Å². The number of aromatic nitrogens is 2. The lowest BCUT2D eigenvalue weighted by Gasteiger charge is -2.08. The number of amides is 1. The van der Waals surface area contributed by atoms with Crippen molar-refractivity contribution in [3.63, 3.8) is 0 Å². The van der Waals surface area contributed by atoms with Crippen LogP contribution in [-0.2, 0) is 24.1 Å². The largest absolute Gasteiger partial charge is 0.364 e. The molecule has 110 valence electrons. The fourth-order valence-corrected chi connectivity index (χ4v) is 3.22. The number of H-pyrrole nitrogens is 1. The number of pyridine rings is 1. The predicted molar refractivity (Wildman–Crippen MR) is 82.8 cm³/mol. The maximum atomic E-state index is 12.5. The molecule has 2 heterocycles. The highest BCUT2D eigenvalue weighted by atomic mass is 32.1. The van der Waals surface area contributed by atoms with Crippen LogP contribution >= 0.6 is 11.3 Å². The van der Waals surface area contributed by atoms with Crippen LogP contribution in [0.15, 0.2) is 22.6 Å². The molecule has 0 saturated carbocycles. The molecule has 1 amide bonds. The van der Waals surface area contributed by atoms with E-state index in [2.05, 4.69) is 15.3 Å². The van der Waals surface area contributed by atoms with Crippen LogP contribution in [0, 0.1) is 0 Å². The van der Waals surface area contributed by atoms with Crippen LogP contribution in [0.5, 0.6) is 0 Å². The van der Waals surface area contributed by atoms with Crippen molar-refractivity contribution in [2.24, 2.45) is 0 Å². The molecule has 21 heavy (non-hydrogen) atoms. The van der Waals surface area contributed by atoms with Crippen LogP contribution in [0.2, 0.25) is 0 Å². The molecule has 0 radical (unpaired) electrons. The van der Waals surface area contributed by atoms with Gasteiger partial charge in [-0.1, -0.05) is 6.42 Å². The second kappa shape index (κ2) is 6.22. The molecular weight excluding hydrogens is 286 g/mol. The van der Waals surface area contributed by atoms with E-state index in [-0.39, 0.29) is 17.8 Å². The number of hydrogen-bond donors (Lipinski definition) is 2. The van der Waals surface area contributed by atoms with Crippen LogP contribution in [0.3, 0.4) is 0 Å². The summed E-state index contributed by atoms with van der Waals surface area (Å²) < 4.78 is 0. The van der Waals surface area contributed by atoms with Gasteiger partial charge in [0.1, 0.15) is 0 Å². The van der Waals surface area contributed by atoms with Gasteiger partial charge in [0.15, 0.2) is 10.6 Å². The fraction of sp³-hybridized carbons (Fsp3) is 0.400. The summed E-state index contributed by atoms with van der Waals surface area (Å²) in [5, 5.41) is 5.06. The summed E-state index contributed by atoms with van der Waals surface area (Å²) in [4.78, 5) is 31.7. The van der Waals surface area contributed by atoms with E-state index in [1.807, 2.05) is 0 Å². The molecule has 6 heteroatoms. The van der Waals surface area contributed by atoms with Crippen molar-refractivity contribution in [3.8, 4) is 0 Å². The summed E-state index contributed by atoms with van der Waals surface area (Å²) in [6.45, 7) is 0. The number of carbonyl (C=O) groups excluding carboxylic acids is 1. The average Bonchev–Trinajstić information content (AvgIpc) is 2.84. The van der Waals surface area contributed by atoms with Crippen molar-refractivity contribution in [2.45, 2.75) is 38.5 Å². The average molecular weight is 303 g/mol. The van der Waals surface area contributed by atoms with Crippen molar-refractivity contribution < 1.29 is 4.79 Å². The van der Waals surface area contributed by atoms with Gasteiger partial charge in [0.25, 0.3) is 0 Å². The van der Waals surface area contributed by atoms with Gasteiger partial charge in [-0.15, -0.1) is 11.3 Å². The molecule has 1 aliphatic carbocycles. The summed E-state index contributed by atoms with van der Waals surface area (Å²) in [6, 6.07) is 0. The molecule has 0 aromatic carbocycles. The van der Waals surface area contributed by atoms with E-state index < -0.39 is 0 Å². The number of fused-ring (bicyclic) bond motifs is 1. The van der Waals surface area contributed by atoms with E-state index in [1.165, 1.54) is 11.3 Å². The highest BCUT2D eigenvalue weighted by Gasteiger charge is 2.16. The molecule has 0 atom stereocenters. The third-order valence-corrected chi connectivity index (χ3v) is 4.42. The number of hydrogen-bond acceptors (Lipinski definition) is 4. The lowest BCUT2D eigenvalue weighted by atomic mass is 10.0. The minimum absolute atomic E-state index is 0.0277. The lowest BCUT2D eigenvalue weighted by molar-refractivity contribution is -0.115.